The number of nitrogens with zero attached hydrogens (tertiary/aromatic N) is 5. The third kappa shape index (κ3) is 4.69. The van der Waals surface area contributed by atoms with E-state index in [0.29, 0.717) is 23.5 Å². The summed E-state index contributed by atoms with van der Waals surface area (Å²) in [5.74, 6) is 2.07. The Labute approximate surface area is 188 Å². The molecule has 7 heteroatoms. The maximum absolute atomic E-state index is 9.84. The maximum atomic E-state index is 9.84. The van der Waals surface area contributed by atoms with Crippen molar-refractivity contribution < 1.29 is 0 Å². The summed E-state index contributed by atoms with van der Waals surface area (Å²) in [5.41, 5.74) is 4.28. The molecule has 0 amide bonds. The fourth-order valence-corrected chi connectivity index (χ4v) is 5.00. The molecule has 1 aliphatic rings. The van der Waals surface area contributed by atoms with Crippen molar-refractivity contribution in [1.82, 2.24) is 4.98 Å². The number of pyridine rings is 1. The first-order valence-electron chi connectivity index (χ1n) is 10.1. The molecule has 1 saturated heterocycles. The minimum absolute atomic E-state index is 0.550. The van der Waals surface area contributed by atoms with Gasteiger partial charge in [-0.3, -0.25) is 0 Å². The fraction of sp³-hybridized carbons (Fsp3) is 0.435. The van der Waals surface area contributed by atoms with Crippen molar-refractivity contribution in [3.63, 3.8) is 0 Å². The molecule has 0 spiro atoms. The van der Waals surface area contributed by atoms with E-state index in [1.165, 1.54) is 5.56 Å². The number of hydrogen-bond acceptors (Lipinski definition) is 7. The standard InChI is InChI=1S/C23H27N5S2/c1-5-19-20(12-24)22(28-11-10-16(2)14-28)26-23(21(19)13-25)30-15-17-6-8-18(9-7-17)27(3)29-4/h6-9,16H,5,10-11,14-15H2,1-4H3/t16-/m0/s1. The molecule has 0 aliphatic carbocycles. The molecule has 1 aromatic carbocycles. The average molecular weight is 438 g/mol. The second-order valence-corrected chi connectivity index (χ2v) is 9.40. The molecule has 0 radical (unpaired) electrons. The zero-order valence-electron chi connectivity index (χ0n) is 18.0. The van der Waals surface area contributed by atoms with Crippen LogP contribution in [0.1, 0.15) is 42.5 Å². The molecule has 5 nitrogen and oxygen atoms in total. The molecule has 1 aliphatic heterocycles. The molecule has 2 heterocycles. The Morgan fingerprint density at radius 1 is 1.20 bits per heavy atom. The van der Waals surface area contributed by atoms with E-state index in [2.05, 4.69) is 52.5 Å². The van der Waals surface area contributed by atoms with Crippen molar-refractivity contribution >= 4 is 35.2 Å². The minimum atomic E-state index is 0.550. The first-order chi connectivity index (χ1) is 14.5. The van der Waals surface area contributed by atoms with E-state index < -0.39 is 0 Å². The van der Waals surface area contributed by atoms with Crippen LogP contribution < -0.4 is 9.21 Å². The van der Waals surface area contributed by atoms with Crippen molar-refractivity contribution in [3.05, 3.63) is 46.5 Å². The molecule has 1 fully saturated rings. The number of benzene rings is 1. The van der Waals surface area contributed by atoms with Gasteiger partial charge in [0.05, 0.1) is 11.1 Å². The fourth-order valence-electron chi connectivity index (χ4n) is 3.70. The van der Waals surface area contributed by atoms with Gasteiger partial charge in [-0.15, -0.1) is 11.8 Å². The summed E-state index contributed by atoms with van der Waals surface area (Å²) >= 11 is 3.25. The Bertz CT molecular complexity index is 975. The summed E-state index contributed by atoms with van der Waals surface area (Å²) in [6.07, 6.45) is 3.80. The van der Waals surface area contributed by atoms with E-state index in [9.17, 15) is 10.5 Å². The van der Waals surface area contributed by atoms with E-state index in [4.69, 9.17) is 4.98 Å². The monoisotopic (exact) mass is 437 g/mol. The quantitative estimate of drug-likeness (QED) is 0.433. The second-order valence-electron chi connectivity index (χ2n) is 7.52. The molecular weight excluding hydrogens is 410 g/mol. The molecule has 30 heavy (non-hydrogen) atoms. The van der Waals surface area contributed by atoms with Gasteiger partial charge < -0.3 is 9.21 Å². The number of thioether (sulfide) groups is 1. The zero-order chi connectivity index (χ0) is 21.7. The molecule has 0 N–H and O–H groups in total. The second kappa shape index (κ2) is 10.1. The van der Waals surface area contributed by atoms with Crippen LogP contribution in [0, 0.1) is 28.6 Å². The maximum Gasteiger partial charge on any atom is 0.148 e. The predicted octanol–water partition coefficient (Wildman–Crippen LogP) is 5.24. The van der Waals surface area contributed by atoms with Gasteiger partial charge in [0.2, 0.25) is 0 Å². The Morgan fingerprint density at radius 3 is 2.43 bits per heavy atom. The van der Waals surface area contributed by atoms with Crippen LogP contribution in [0.5, 0.6) is 0 Å². The Kier molecular flexibility index (Phi) is 7.53. The number of anilines is 2. The van der Waals surface area contributed by atoms with Gasteiger partial charge in [-0.2, -0.15) is 10.5 Å². The Balaban J connectivity index is 1.91. The highest BCUT2D eigenvalue weighted by Gasteiger charge is 2.26. The number of nitriles is 2. The third-order valence-electron chi connectivity index (χ3n) is 5.50. The SMILES string of the molecule is CCc1c(C#N)c(SCc2ccc(N(C)SC)cc2)nc(N2CC[C@H](C)C2)c1C#N. The first kappa shape index (κ1) is 22.3. The highest BCUT2D eigenvalue weighted by atomic mass is 32.2. The van der Waals surface area contributed by atoms with Crippen LogP contribution in [0.4, 0.5) is 11.5 Å². The van der Waals surface area contributed by atoms with Crippen LogP contribution >= 0.6 is 23.7 Å². The lowest BCUT2D eigenvalue weighted by molar-refractivity contribution is 0.658. The van der Waals surface area contributed by atoms with Crippen LogP contribution in [0.2, 0.25) is 0 Å². The molecule has 0 unspecified atom stereocenters. The summed E-state index contributed by atoms with van der Waals surface area (Å²) in [6, 6.07) is 13.1. The van der Waals surface area contributed by atoms with E-state index in [1.54, 1.807) is 23.7 Å². The van der Waals surface area contributed by atoms with Crippen molar-refractivity contribution in [3.8, 4) is 12.1 Å². The van der Waals surface area contributed by atoms with Crippen LogP contribution in [0.3, 0.4) is 0 Å². The number of rotatable bonds is 7. The van der Waals surface area contributed by atoms with E-state index in [-0.39, 0.29) is 0 Å². The number of aromatic nitrogens is 1. The van der Waals surface area contributed by atoms with Crippen molar-refractivity contribution in [2.24, 2.45) is 5.92 Å². The average Bonchev–Trinajstić information content (AvgIpc) is 3.22. The van der Waals surface area contributed by atoms with Crippen molar-refractivity contribution in [2.75, 3.05) is 35.6 Å². The predicted molar refractivity (Wildman–Crippen MR) is 127 cm³/mol. The van der Waals surface area contributed by atoms with Gasteiger partial charge in [-0.25, -0.2) is 4.98 Å². The van der Waals surface area contributed by atoms with Crippen LogP contribution in [-0.4, -0.2) is 31.4 Å². The molecule has 156 valence electrons. The number of hydrogen-bond donors (Lipinski definition) is 0. The lowest BCUT2D eigenvalue weighted by Gasteiger charge is -2.22. The topological polar surface area (TPSA) is 67.0 Å². The Morgan fingerprint density at radius 2 is 1.90 bits per heavy atom. The summed E-state index contributed by atoms with van der Waals surface area (Å²) in [7, 11) is 2.04. The van der Waals surface area contributed by atoms with Gasteiger partial charge in [-0.05, 0) is 42.0 Å². The largest absolute Gasteiger partial charge is 0.355 e. The molecular formula is C23H27N5S2. The van der Waals surface area contributed by atoms with E-state index in [1.807, 2.05) is 20.2 Å². The molecule has 0 bridgehead atoms. The van der Waals surface area contributed by atoms with Crippen LogP contribution in [-0.2, 0) is 12.2 Å². The lowest BCUT2D eigenvalue weighted by Crippen LogP contribution is -2.23. The normalized spacial score (nSPS) is 15.7. The van der Waals surface area contributed by atoms with Crippen LogP contribution in [0.15, 0.2) is 29.3 Å². The van der Waals surface area contributed by atoms with E-state index in [0.717, 1.165) is 47.4 Å². The molecule has 3 rings (SSSR count). The van der Waals surface area contributed by atoms with Gasteiger partial charge in [0, 0.05) is 37.8 Å². The summed E-state index contributed by atoms with van der Waals surface area (Å²) in [4.78, 5) is 7.05. The van der Waals surface area contributed by atoms with Gasteiger partial charge >= 0.3 is 0 Å². The minimum Gasteiger partial charge on any atom is -0.355 e. The van der Waals surface area contributed by atoms with Crippen LogP contribution in [0.25, 0.3) is 0 Å². The summed E-state index contributed by atoms with van der Waals surface area (Å²) in [6.45, 7) is 6.05. The van der Waals surface area contributed by atoms with Crippen molar-refractivity contribution in [1.29, 1.82) is 10.5 Å². The highest BCUT2D eigenvalue weighted by molar-refractivity contribution is 7.99. The van der Waals surface area contributed by atoms with Gasteiger partial charge in [0.25, 0.3) is 0 Å². The third-order valence-corrected chi connectivity index (χ3v) is 7.30. The van der Waals surface area contributed by atoms with Crippen molar-refractivity contribution in [2.45, 2.75) is 37.5 Å². The smallest absolute Gasteiger partial charge is 0.148 e. The van der Waals surface area contributed by atoms with Gasteiger partial charge in [0.15, 0.2) is 0 Å². The lowest BCUT2D eigenvalue weighted by atomic mass is 10.0. The summed E-state index contributed by atoms with van der Waals surface area (Å²) in [5, 5.41) is 20.4. The van der Waals surface area contributed by atoms with Gasteiger partial charge in [0.1, 0.15) is 23.0 Å². The van der Waals surface area contributed by atoms with Gasteiger partial charge in [-0.1, -0.05) is 37.9 Å². The van der Waals surface area contributed by atoms with E-state index >= 15 is 0 Å². The molecule has 1 atom stereocenters. The zero-order valence-corrected chi connectivity index (χ0v) is 19.6. The summed E-state index contributed by atoms with van der Waals surface area (Å²) < 4.78 is 2.11. The molecule has 1 aromatic heterocycles. The Hall–Kier alpha value is -2.35. The highest BCUT2D eigenvalue weighted by Crippen LogP contribution is 2.35. The molecule has 2 aromatic rings. The first-order valence-corrected chi connectivity index (χ1v) is 12.3. The molecule has 0 saturated carbocycles.